The van der Waals surface area contributed by atoms with Crippen molar-refractivity contribution >= 4 is 5.96 Å². The zero-order valence-electron chi connectivity index (χ0n) is 14.1. The van der Waals surface area contributed by atoms with Crippen molar-refractivity contribution in [2.45, 2.75) is 53.0 Å². The van der Waals surface area contributed by atoms with E-state index < -0.39 is 0 Å². The van der Waals surface area contributed by atoms with Crippen LogP contribution in [0.25, 0.3) is 0 Å². The number of aromatic nitrogens is 2. The van der Waals surface area contributed by atoms with E-state index in [1.54, 1.807) is 0 Å². The molecule has 0 aliphatic heterocycles. The van der Waals surface area contributed by atoms with Gasteiger partial charge in [0.15, 0.2) is 5.96 Å². The lowest BCUT2D eigenvalue weighted by Gasteiger charge is -2.21. The summed E-state index contributed by atoms with van der Waals surface area (Å²) in [6, 6.07) is 0. The van der Waals surface area contributed by atoms with Gasteiger partial charge in [-0.1, -0.05) is 13.3 Å². The van der Waals surface area contributed by atoms with Gasteiger partial charge in [0.2, 0.25) is 0 Å². The minimum absolute atomic E-state index is 0.881. The topological polar surface area (TPSA) is 45.5 Å². The Morgan fingerprint density at radius 2 is 2.14 bits per heavy atom. The first-order valence-corrected chi connectivity index (χ1v) is 8.16. The molecule has 1 N–H and O–H groups in total. The number of hydrogen-bond donors (Lipinski definition) is 1. The van der Waals surface area contributed by atoms with E-state index in [9.17, 15) is 0 Å². The Morgan fingerprint density at radius 1 is 1.33 bits per heavy atom. The van der Waals surface area contributed by atoms with Crippen molar-refractivity contribution in [2.75, 3.05) is 26.7 Å². The van der Waals surface area contributed by atoms with Crippen molar-refractivity contribution in [3.05, 3.63) is 18.2 Å². The lowest BCUT2D eigenvalue weighted by molar-refractivity contribution is 0.464. The predicted molar refractivity (Wildman–Crippen MR) is 89.7 cm³/mol. The van der Waals surface area contributed by atoms with Crippen LogP contribution in [0.5, 0.6) is 0 Å². The molecule has 0 fully saturated rings. The van der Waals surface area contributed by atoms with Crippen molar-refractivity contribution in [2.24, 2.45) is 4.99 Å². The van der Waals surface area contributed by atoms with Gasteiger partial charge >= 0.3 is 0 Å². The second-order valence-electron chi connectivity index (χ2n) is 5.39. The van der Waals surface area contributed by atoms with Gasteiger partial charge in [0.1, 0.15) is 5.82 Å². The van der Waals surface area contributed by atoms with Crippen LogP contribution < -0.4 is 5.32 Å². The van der Waals surface area contributed by atoms with Gasteiger partial charge in [0, 0.05) is 45.6 Å². The van der Waals surface area contributed by atoms with E-state index in [0.717, 1.165) is 50.8 Å². The van der Waals surface area contributed by atoms with E-state index in [-0.39, 0.29) is 0 Å². The third-order valence-electron chi connectivity index (χ3n) is 3.54. The molecule has 5 nitrogen and oxygen atoms in total. The van der Waals surface area contributed by atoms with Crippen molar-refractivity contribution in [3.8, 4) is 0 Å². The molecule has 0 bridgehead atoms. The summed E-state index contributed by atoms with van der Waals surface area (Å²) in [5.41, 5.74) is 0. The van der Waals surface area contributed by atoms with E-state index >= 15 is 0 Å². The highest BCUT2D eigenvalue weighted by atomic mass is 15.3. The van der Waals surface area contributed by atoms with Crippen LogP contribution in [-0.4, -0.2) is 47.1 Å². The highest BCUT2D eigenvalue weighted by Gasteiger charge is 2.04. The summed E-state index contributed by atoms with van der Waals surface area (Å²) in [5.74, 6) is 2.12. The Morgan fingerprint density at radius 3 is 2.76 bits per heavy atom. The van der Waals surface area contributed by atoms with Crippen LogP contribution in [0.4, 0.5) is 0 Å². The number of unbranched alkanes of at least 4 members (excludes halogenated alkanes) is 2. The molecule has 1 heterocycles. The largest absolute Gasteiger partial charge is 0.357 e. The molecular formula is C16H31N5. The molecule has 21 heavy (non-hydrogen) atoms. The van der Waals surface area contributed by atoms with Crippen LogP contribution in [-0.2, 0) is 6.54 Å². The highest BCUT2D eigenvalue weighted by Crippen LogP contribution is 2.00. The summed E-state index contributed by atoms with van der Waals surface area (Å²) >= 11 is 0. The minimum Gasteiger partial charge on any atom is -0.357 e. The van der Waals surface area contributed by atoms with Gasteiger partial charge in [0.05, 0.1) is 0 Å². The molecule has 0 aromatic carbocycles. The number of hydrogen-bond acceptors (Lipinski definition) is 2. The molecular weight excluding hydrogens is 262 g/mol. The SMILES string of the molecule is CCCCN(C)C(=NCCCCn1ccnc1C)NCC. The molecule has 5 heteroatoms. The molecule has 120 valence electrons. The van der Waals surface area contributed by atoms with E-state index in [1.807, 2.05) is 19.3 Å². The molecule has 0 spiro atoms. The smallest absolute Gasteiger partial charge is 0.193 e. The van der Waals surface area contributed by atoms with Crippen LogP contribution in [0.15, 0.2) is 17.4 Å². The number of rotatable bonds is 9. The maximum atomic E-state index is 4.71. The third kappa shape index (κ3) is 6.65. The number of imidazole rings is 1. The van der Waals surface area contributed by atoms with Crippen LogP contribution in [0, 0.1) is 6.92 Å². The fourth-order valence-electron chi connectivity index (χ4n) is 2.19. The highest BCUT2D eigenvalue weighted by molar-refractivity contribution is 5.79. The van der Waals surface area contributed by atoms with Gasteiger partial charge < -0.3 is 14.8 Å². The minimum atomic E-state index is 0.881. The molecule has 0 atom stereocenters. The Kier molecular flexibility index (Phi) is 8.55. The van der Waals surface area contributed by atoms with Gasteiger partial charge in [-0.3, -0.25) is 4.99 Å². The lowest BCUT2D eigenvalue weighted by Crippen LogP contribution is -2.39. The fourth-order valence-corrected chi connectivity index (χ4v) is 2.19. The van der Waals surface area contributed by atoms with Gasteiger partial charge in [-0.05, 0) is 33.1 Å². The van der Waals surface area contributed by atoms with E-state index in [4.69, 9.17) is 4.99 Å². The summed E-state index contributed by atoms with van der Waals surface area (Å²) in [7, 11) is 2.12. The maximum Gasteiger partial charge on any atom is 0.193 e. The van der Waals surface area contributed by atoms with Crippen LogP contribution >= 0.6 is 0 Å². The van der Waals surface area contributed by atoms with Crippen molar-refractivity contribution in [1.82, 2.24) is 19.8 Å². The van der Waals surface area contributed by atoms with E-state index in [0.29, 0.717) is 0 Å². The first kappa shape index (κ1) is 17.5. The monoisotopic (exact) mass is 293 g/mol. The maximum absolute atomic E-state index is 4.71. The zero-order chi connectivity index (χ0) is 15.5. The third-order valence-corrected chi connectivity index (χ3v) is 3.54. The molecule has 0 aliphatic carbocycles. The normalized spacial score (nSPS) is 11.7. The molecule has 1 aromatic rings. The predicted octanol–water partition coefficient (Wildman–Crippen LogP) is 2.67. The quantitative estimate of drug-likeness (QED) is 0.432. The standard InChI is InChI=1S/C16H31N5/c1-5-7-12-20(4)16(17-6-2)19-10-8-9-13-21-14-11-18-15(21)3/h11,14H,5-10,12-13H2,1-4H3,(H,17,19). The summed E-state index contributed by atoms with van der Waals surface area (Å²) in [4.78, 5) is 11.2. The first-order valence-electron chi connectivity index (χ1n) is 8.16. The molecule has 1 aromatic heterocycles. The molecule has 0 amide bonds. The number of nitrogens with one attached hydrogen (secondary N) is 1. The summed E-state index contributed by atoms with van der Waals surface area (Å²) in [6.45, 7) is 10.3. The van der Waals surface area contributed by atoms with E-state index in [2.05, 4.69) is 40.7 Å². The number of guanidine groups is 1. The second kappa shape index (κ2) is 10.2. The molecule has 0 saturated carbocycles. The first-order chi connectivity index (χ1) is 10.2. The lowest BCUT2D eigenvalue weighted by atomic mass is 10.3. The van der Waals surface area contributed by atoms with Gasteiger partial charge in [-0.25, -0.2) is 4.98 Å². The average Bonchev–Trinajstić information content (AvgIpc) is 2.88. The Balaban J connectivity index is 2.31. The summed E-state index contributed by atoms with van der Waals surface area (Å²) in [5, 5.41) is 3.37. The van der Waals surface area contributed by atoms with Gasteiger partial charge in [-0.2, -0.15) is 0 Å². The molecule has 0 aliphatic rings. The van der Waals surface area contributed by atoms with Gasteiger partial charge in [-0.15, -0.1) is 0 Å². The number of aliphatic imine (C=N–C) groups is 1. The summed E-state index contributed by atoms with van der Waals surface area (Å²) in [6.07, 6.45) is 8.57. The Bertz CT molecular complexity index is 411. The van der Waals surface area contributed by atoms with Crippen LogP contribution in [0.1, 0.15) is 45.4 Å². The Labute approximate surface area is 129 Å². The van der Waals surface area contributed by atoms with Crippen molar-refractivity contribution in [3.63, 3.8) is 0 Å². The second-order valence-corrected chi connectivity index (χ2v) is 5.39. The number of aryl methyl sites for hydroxylation is 2. The average molecular weight is 293 g/mol. The van der Waals surface area contributed by atoms with Gasteiger partial charge in [0.25, 0.3) is 0 Å². The summed E-state index contributed by atoms with van der Waals surface area (Å²) < 4.78 is 2.20. The molecule has 1 rings (SSSR count). The van der Waals surface area contributed by atoms with Crippen molar-refractivity contribution < 1.29 is 0 Å². The van der Waals surface area contributed by atoms with Crippen molar-refractivity contribution in [1.29, 1.82) is 0 Å². The zero-order valence-corrected chi connectivity index (χ0v) is 14.1. The molecule has 0 unspecified atom stereocenters. The van der Waals surface area contributed by atoms with Crippen LogP contribution in [0.3, 0.4) is 0 Å². The van der Waals surface area contributed by atoms with E-state index in [1.165, 1.54) is 12.8 Å². The number of nitrogens with zero attached hydrogens (tertiary/aromatic N) is 4. The molecule has 0 saturated heterocycles. The van der Waals surface area contributed by atoms with Crippen LogP contribution in [0.2, 0.25) is 0 Å². The molecule has 0 radical (unpaired) electrons. The Hall–Kier alpha value is -1.52. The fraction of sp³-hybridized carbons (Fsp3) is 0.750.